The summed E-state index contributed by atoms with van der Waals surface area (Å²) >= 11 is 0. The fourth-order valence-corrected chi connectivity index (χ4v) is 2.88. The van der Waals surface area contributed by atoms with Gasteiger partial charge in [-0.05, 0) is 46.6 Å². The molecule has 0 heterocycles. The Kier molecular flexibility index (Phi) is 7.33. The molecule has 0 aromatic rings. The Bertz CT molecular complexity index is 231. The second-order valence-corrected chi connectivity index (χ2v) is 7.18. The summed E-state index contributed by atoms with van der Waals surface area (Å²) in [5.74, 6) is 0.896. The van der Waals surface area contributed by atoms with Crippen LogP contribution in [0.15, 0.2) is 0 Å². The second-order valence-electron chi connectivity index (χ2n) is 7.18. The first-order valence-corrected chi connectivity index (χ1v) is 7.86. The lowest BCUT2D eigenvalue weighted by Crippen LogP contribution is -2.49. The fraction of sp³-hybridized carbons (Fsp3) is 1.00. The highest BCUT2D eigenvalue weighted by Crippen LogP contribution is 2.24. The molecule has 0 aromatic carbocycles. The van der Waals surface area contributed by atoms with Crippen LogP contribution in [0.3, 0.4) is 0 Å². The van der Waals surface area contributed by atoms with Crippen molar-refractivity contribution in [3.05, 3.63) is 0 Å². The number of hydrogen-bond donors (Lipinski definition) is 1. The maximum absolute atomic E-state index is 5.40. The number of ether oxygens (including phenoxy) is 1. The molecule has 1 atom stereocenters. The Labute approximate surface area is 120 Å². The van der Waals surface area contributed by atoms with Crippen molar-refractivity contribution >= 4 is 0 Å². The smallest absolute Gasteiger partial charge is 0.0630 e. The molecule has 1 unspecified atom stereocenters. The van der Waals surface area contributed by atoms with E-state index in [0.717, 1.165) is 19.1 Å². The van der Waals surface area contributed by atoms with E-state index in [-0.39, 0.29) is 5.54 Å². The highest BCUT2D eigenvalue weighted by Gasteiger charge is 2.22. The molecule has 0 radical (unpaired) electrons. The topological polar surface area (TPSA) is 24.5 Å². The van der Waals surface area contributed by atoms with Crippen molar-refractivity contribution in [2.45, 2.75) is 64.5 Å². The quantitative estimate of drug-likeness (QED) is 0.770. The first-order chi connectivity index (χ1) is 8.92. The largest absolute Gasteiger partial charge is 0.383 e. The Morgan fingerprint density at radius 1 is 1.21 bits per heavy atom. The lowest BCUT2D eigenvalue weighted by atomic mass is 9.89. The van der Waals surface area contributed by atoms with Gasteiger partial charge in [-0.2, -0.15) is 0 Å². The van der Waals surface area contributed by atoms with Gasteiger partial charge < -0.3 is 10.1 Å². The third-order valence-electron chi connectivity index (χ3n) is 4.12. The predicted octanol–water partition coefficient (Wildman–Crippen LogP) is 2.90. The van der Waals surface area contributed by atoms with Crippen LogP contribution in [0, 0.1) is 5.92 Å². The van der Waals surface area contributed by atoms with Crippen LogP contribution >= 0.6 is 0 Å². The molecule has 3 heteroatoms. The lowest BCUT2D eigenvalue weighted by molar-refractivity contribution is 0.0867. The van der Waals surface area contributed by atoms with E-state index in [1.54, 1.807) is 7.11 Å². The van der Waals surface area contributed by atoms with Gasteiger partial charge in [0, 0.05) is 31.8 Å². The first kappa shape index (κ1) is 16.9. The molecule has 0 bridgehead atoms. The van der Waals surface area contributed by atoms with E-state index in [4.69, 9.17) is 4.74 Å². The molecular weight excluding hydrogens is 236 g/mol. The van der Waals surface area contributed by atoms with E-state index < -0.39 is 0 Å². The number of methoxy groups -OCH3 is 1. The highest BCUT2D eigenvalue weighted by atomic mass is 16.5. The molecule has 0 spiro atoms. The molecule has 1 N–H and O–H groups in total. The van der Waals surface area contributed by atoms with Gasteiger partial charge in [0.05, 0.1) is 6.61 Å². The van der Waals surface area contributed by atoms with Crippen molar-refractivity contribution in [3.8, 4) is 0 Å². The van der Waals surface area contributed by atoms with Gasteiger partial charge in [-0.15, -0.1) is 0 Å². The van der Waals surface area contributed by atoms with Gasteiger partial charge >= 0.3 is 0 Å². The zero-order valence-electron chi connectivity index (χ0n) is 13.7. The van der Waals surface area contributed by atoms with E-state index in [2.05, 4.69) is 38.0 Å². The molecule has 114 valence electrons. The SMILES string of the molecule is COCC(CNC(C)(C)C)N(C)CC1CCCCC1. The van der Waals surface area contributed by atoms with Crippen LogP contribution in [-0.2, 0) is 4.74 Å². The molecule has 0 amide bonds. The number of hydrogen-bond acceptors (Lipinski definition) is 3. The number of rotatable bonds is 7. The van der Waals surface area contributed by atoms with Crippen LogP contribution in [0.25, 0.3) is 0 Å². The maximum Gasteiger partial charge on any atom is 0.0630 e. The summed E-state index contributed by atoms with van der Waals surface area (Å²) in [6.45, 7) is 9.70. The van der Waals surface area contributed by atoms with Crippen LogP contribution in [0.5, 0.6) is 0 Å². The molecule has 0 aromatic heterocycles. The van der Waals surface area contributed by atoms with Gasteiger partial charge in [0.25, 0.3) is 0 Å². The molecular formula is C16H34N2O. The molecule has 3 nitrogen and oxygen atoms in total. The van der Waals surface area contributed by atoms with Crippen molar-refractivity contribution in [1.82, 2.24) is 10.2 Å². The number of likely N-dealkylation sites (N-methyl/N-ethyl adjacent to an activating group) is 1. The average Bonchev–Trinajstić information content (AvgIpc) is 2.34. The van der Waals surface area contributed by atoms with E-state index in [1.807, 2.05) is 0 Å². The van der Waals surface area contributed by atoms with Crippen LogP contribution < -0.4 is 5.32 Å². The summed E-state index contributed by atoms with van der Waals surface area (Å²) in [5, 5.41) is 3.60. The highest BCUT2D eigenvalue weighted by molar-refractivity contribution is 4.79. The van der Waals surface area contributed by atoms with Gasteiger partial charge in [-0.25, -0.2) is 0 Å². The zero-order chi connectivity index (χ0) is 14.3. The average molecular weight is 270 g/mol. The molecule has 0 saturated heterocycles. The Morgan fingerprint density at radius 3 is 2.37 bits per heavy atom. The van der Waals surface area contributed by atoms with Gasteiger partial charge in [0.2, 0.25) is 0 Å². The molecule has 1 aliphatic rings. The predicted molar refractivity (Wildman–Crippen MR) is 82.6 cm³/mol. The summed E-state index contributed by atoms with van der Waals surface area (Å²) in [7, 11) is 4.06. The number of nitrogens with one attached hydrogen (secondary N) is 1. The summed E-state index contributed by atoms with van der Waals surface area (Å²) in [6.07, 6.45) is 7.11. The minimum Gasteiger partial charge on any atom is -0.383 e. The standard InChI is InChI=1S/C16H34N2O/c1-16(2,3)17-11-15(13-19-5)18(4)12-14-9-7-6-8-10-14/h14-15,17H,6-13H2,1-5H3. The normalized spacial score (nSPS) is 19.9. The van der Waals surface area contributed by atoms with Crippen molar-refractivity contribution < 1.29 is 4.74 Å². The van der Waals surface area contributed by atoms with E-state index in [1.165, 1.54) is 38.6 Å². The molecule has 1 aliphatic carbocycles. The Hall–Kier alpha value is -0.120. The minimum absolute atomic E-state index is 0.178. The maximum atomic E-state index is 5.40. The molecule has 1 fully saturated rings. The van der Waals surface area contributed by atoms with Crippen LogP contribution in [-0.4, -0.2) is 50.3 Å². The monoisotopic (exact) mass is 270 g/mol. The van der Waals surface area contributed by atoms with Crippen LogP contribution in [0.1, 0.15) is 52.9 Å². The van der Waals surface area contributed by atoms with Crippen molar-refractivity contribution in [3.63, 3.8) is 0 Å². The Morgan fingerprint density at radius 2 is 1.84 bits per heavy atom. The third-order valence-corrected chi connectivity index (χ3v) is 4.12. The van der Waals surface area contributed by atoms with E-state index in [9.17, 15) is 0 Å². The molecule has 0 aliphatic heterocycles. The van der Waals surface area contributed by atoms with Gasteiger partial charge in [0.15, 0.2) is 0 Å². The van der Waals surface area contributed by atoms with E-state index >= 15 is 0 Å². The summed E-state index contributed by atoms with van der Waals surface area (Å²) < 4.78 is 5.40. The number of nitrogens with zero attached hydrogens (tertiary/aromatic N) is 1. The van der Waals surface area contributed by atoms with E-state index in [0.29, 0.717) is 6.04 Å². The van der Waals surface area contributed by atoms with Gasteiger partial charge in [-0.1, -0.05) is 19.3 Å². The zero-order valence-corrected chi connectivity index (χ0v) is 13.7. The first-order valence-electron chi connectivity index (χ1n) is 7.86. The summed E-state index contributed by atoms with van der Waals surface area (Å²) in [4.78, 5) is 2.50. The van der Waals surface area contributed by atoms with Crippen LogP contribution in [0.2, 0.25) is 0 Å². The Balaban J connectivity index is 2.39. The third kappa shape index (κ3) is 7.28. The van der Waals surface area contributed by atoms with Crippen LogP contribution in [0.4, 0.5) is 0 Å². The summed E-state index contributed by atoms with van der Waals surface area (Å²) in [6, 6.07) is 0.478. The van der Waals surface area contributed by atoms with Gasteiger partial charge in [-0.3, -0.25) is 4.90 Å². The molecule has 1 rings (SSSR count). The van der Waals surface area contributed by atoms with Gasteiger partial charge in [0.1, 0.15) is 0 Å². The van der Waals surface area contributed by atoms with Crippen molar-refractivity contribution in [2.75, 3.05) is 33.9 Å². The lowest BCUT2D eigenvalue weighted by Gasteiger charge is -2.34. The second kappa shape index (κ2) is 8.23. The molecule has 1 saturated carbocycles. The fourth-order valence-electron chi connectivity index (χ4n) is 2.88. The van der Waals surface area contributed by atoms with Crippen molar-refractivity contribution in [1.29, 1.82) is 0 Å². The summed E-state index contributed by atoms with van der Waals surface area (Å²) in [5.41, 5.74) is 0.178. The van der Waals surface area contributed by atoms with Crippen molar-refractivity contribution in [2.24, 2.45) is 5.92 Å². The molecule has 19 heavy (non-hydrogen) atoms. The minimum atomic E-state index is 0.178.